The van der Waals surface area contributed by atoms with Crippen molar-refractivity contribution in [3.63, 3.8) is 0 Å². The van der Waals surface area contributed by atoms with Crippen LogP contribution in [0.3, 0.4) is 0 Å². The molecule has 0 radical (unpaired) electrons. The Bertz CT molecular complexity index is 1390. The highest BCUT2D eigenvalue weighted by Gasteiger charge is 2.21. The molecule has 0 aliphatic rings. The van der Waals surface area contributed by atoms with E-state index >= 15 is 0 Å². The molecule has 4 nitrogen and oxygen atoms in total. The van der Waals surface area contributed by atoms with E-state index in [1.165, 1.54) is 30.6 Å². The lowest BCUT2D eigenvalue weighted by Crippen LogP contribution is -1.96. The Hall–Kier alpha value is -2.81. The van der Waals surface area contributed by atoms with Crippen LogP contribution in [0.4, 0.5) is 8.78 Å². The van der Waals surface area contributed by atoms with Gasteiger partial charge in [-0.2, -0.15) is 0 Å². The third kappa shape index (κ3) is 4.26. The number of sulfone groups is 1. The summed E-state index contributed by atoms with van der Waals surface area (Å²) >= 11 is 7.63. The van der Waals surface area contributed by atoms with Crippen LogP contribution in [0, 0.1) is 11.6 Å². The van der Waals surface area contributed by atoms with Gasteiger partial charge in [-0.25, -0.2) is 22.2 Å². The highest BCUT2D eigenvalue weighted by Crippen LogP contribution is 2.43. The molecule has 0 atom stereocenters. The fourth-order valence-corrected chi connectivity index (χ4v) is 5.25. The molecular formula is C23H16ClF2NO3S2. The molecule has 0 N–H and O–H groups in total. The lowest BCUT2D eigenvalue weighted by molar-refractivity contribution is 0.360. The lowest BCUT2D eigenvalue weighted by atomic mass is 10.1. The second-order valence-electron chi connectivity index (χ2n) is 6.95. The smallest absolute Gasteiger partial charge is 0.190 e. The molecule has 0 saturated carbocycles. The van der Waals surface area contributed by atoms with Crippen molar-refractivity contribution in [3.8, 4) is 38.0 Å². The molecule has 4 rings (SSSR count). The van der Waals surface area contributed by atoms with E-state index < -0.39 is 27.2 Å². The van der Waals surface area contributed by atoms with Crippen LogP contribution < -0.4 is 4.74 Å². The molecule has 0 aliphatic carbocycles. The molecule has 0 saturated heterocycles. The summed E-state index contributed by atoms with van der Waals surface area (Å²) in [7, 11) is -2.18. The highest BCUT2D eigenvalue weighted by molar-refractivity contribution is 7.90. The Labute approximate surface area is 193 Å². The molecule has 1 heterocycles. The fourth-order valence-electron chi connectivity index (χ4n) is 3.21. The van der Waals surface area contributed by atoms with Gasteiger partial charge in [0.1, 0.15) is 5.01 Å². The van der Waals surface area contributed by atoms with Gasteiger partial charge in [-0.3, -0.25) is 0 Å². The number of methoxy groups -OCH3 is 1. The van der Waals surface area contributed by atoms with Crippen LogP contribution in [-0.4, -0.2) is 26.8 Å². The van der Waals surface area contributed by atoms with E-state index in [0.717, 1.165) is 18.4 Å². The van der Waals surface area contributed by atoms with Crippen LogP contribution >= 0.6 is 22.9 Å². The Morgan fingerprint density at radius 3 is 2.16 bits per heavy atom. The molecule has 0 bridgehead atoms. The van der Waals surface area contributed by atoms with E-state index in [1.807, 2.05) is 6.07 Å². The third-order valence-corrected chi connectivity index (χ3v) is 7.35. The topological polar surface area (TPSA) is 56.3 Å². The predicted molar refractivity (Wildman–Crippen MR) is 123 cm³/mol. The number of benzene rings is 3. The molecule has 32 heavy (non-hydrogen) atoms. The molecule has 9 heteroatoms. The summed E-state index contributed by atoms with van der Waals surface area (Å²) in [5.74, 6) is -2.18. The van der Waals surface area contributed by atoms with E-state index in [4.69, 9.17) is 16.3 Å². The minimum absolute atomic E-state index is 0.167. The SMILES string of the molecule is COc1c(F)cc(-c2nc(-c3ccccc3Cl)sc2-c2ccc(S(C)(=O)=O)cc2)cc1F. The Morgan fingerprint density at radius 2 is 1.59 bits per heavy atom. The highest BCUT2D eigenvalue weighted by atomic mass is 35.5. The molecule has 0 amide bonds. The summed E-state index contributed by atoms with van der Waals surface area (Å²) in [6, 6.07) is 15.7. The molecular weight excluding hydrogens is 476 g/mol. The van der Waals surface area contributed by atoms with Crippen LogP contribution in [0.5, 0.6) is 5.75 Å². The number of hydrogen-bond donors (Lipinski definition) is 0. The number of nitrogens with zero attached hydrogens (tertiary/aromatic N) is 1. The maximum absolute atomic E-state index is 14.4. The van der Waals surface area contributed by atoms with Crippen LogP contribution in [0.15, 0.2) is 65.6 Å². The molecule has 3 aromatic carbocycles. The average molecular weight is 492 g/mol. The summed E-state index contributed by atoms with van der Waals surface area (Å²) in [6.07, 6.45) is 1.12. The van der Waals surface area contributed by atoms with Crippen molar-refractivity contribution < 1.29 is 21.9 Å². The number of thiazole rings is 1. The number of halogens is 3. The summed E-state index contributed by atoms with van der Waals surface area (Å²) in [5.41, 5.74) is 1.89. The summed E-state index contributed by atoms with van der Waals surface area (Å²) < 4.78 is 57.3. The molecule has 0 fully saturated rings. The zero-order valence-electron chi connectivity index (χ0n) is 16.9. The first-order valence-corrected chi connectivity index (χ1v) is 12.4. The van der Waals surface area contributed by atoms with Crippen LogP contribution in [0.1, 0.15) is 0 Å². The van der Waals surface area contributed by atoms with Crippen molar-refractivity contribution in [3.05, 3.63) is 77.3 Å². The van der Waals surface area contributed by atoms with Crippen molar-refractivity contribution in [2.45, 2.75) is 4.90 Å². The summed E-state index contributed by atoms with van der Waals surface area (Å²) in [4.78, 5) is 5.42. The first kappa shape index (κ1) is 22.4. The van der Waals surface area contributed by atoms with Gasteiger partial charge in [0.15, 0.2) is 27.2 Å². The van der Waals surface area contributed by atoms with Crippen molar-refractivity contribution in [2.24, 2.45) is 0 Å². The van der Waals surface area contributed by atoms with Gasteiger partial charge in [0.25, 0.3) is 0 Å². The Balaban J connectivity index is 1.93. The standard InChI is InChI=1S/C23H16ClF2NO3S2/c1-30-21-18(25)11-14(12-19(21)26)20-22(13-7-9-15(10-8-13)32(2,28)29)31-23(27-20)16-5-3-4-6-17(16)24/h3-12H,1-2H3. The van der Waals surface area contributed by atoms with Gasteiger partial charge >= 0.3 is 0 Å². The van der Waals surface area contributed by atoms with Crippen LogP contribution in [-0.2, 0) is 9.84 Å². The van der Waals surface area contributed by atoms with Gasteiger partial charge in [-0.1, -0.05) is 41.9 Å². The second kappa shape index (κ2) is 8.61. The molecule has 164 valence electrons. The first-order valence-electron chi connectivity index (χ1n) is 9.28. The molecule has 4 aromatic rings. The third-order valence-electron chi connectivity index (χ3n) is 4.75. The van der Waals surface area contributed by atoms with Crippen LogP contribution in [0.25, 0.3) is 32.3 Å². The van der Waals surface area contributed by atoms with Gasteiger partial charge in [0.2, 0.25) is 0 Å². The molecule has 0 unspecified atom stereocenters. The minimum atomic E-state index is -3.37. The number of ether oxygens (including phenoxy) is 1. The monoisotopic (exact) mass is 491 g/mol. The van der Waals surface area contributed by atoms with E-state index in [1.54, 1.807) is 30.3 Å². The second-order valence-corrected chi connectivity index (χ2v) is 10.4. The zero-order valence-corrected chi connectivity index (χ0v) is 19.3. The molecule has 1 aromatic heterocycles. The maximum atomic E-state index is 14.4. The maximum Gasteiger partial charge on any atom is 0.190 e. The molecule has 0 aliphatic heterocycles. The quantitative estimate of drug-likeness (QED) is 0.320. The van der Waals surface area contributed by atoms with E-state index in [2.05, 4.69) is 4.98 Å². The van der Waals surface area contributed by atoms with Gasteiger partial charge in [0.05, 0.1) is 27.6 Å². The van der Waals surface area contributed by atoms with Gasteiger partial charge < -0.3 is 4.74 Å². The average Bonchev–Trinajstić information content (AvgIpc) is 3.18. The summed E-state index contributed by atoms with van der Waals surface area (Å²) in [5, 5.41) is 1.04. The number of rotatable bonds is 5. The normalized spacial score (nSPS) is 11.5. The van der Waals surface area contributed by atoms with E-state index in [0.29, 0.717) is 31.7 Å². The van der Waals surface area contributed by atoms with Gasteiger partial charge in [-0.15, -0.1) is 11.3 Å². The van der Waals surface area contributed by atoms with Gasteiger partial charge in [0, 0.05) is 17.4 Å². The van der Waals surface area contributed by atoms with E-state index in [9.17, 15) is 17.2 Å². The molecule has 0 spiro atoms. The van der Waals surface area contributed by atoms with Crippen LogP contribution in [0.2, 0.25) is 5.02 Å². The number of hydrogen-bond acceptors (Lipinski definition) is 5. The van der Waals surface area contributed by atoms with Gasteiger partial charge in [-0.05, 0) is 35.9 Å². The minimum Gasteiger partial charge on any atom is -0.491 e. The van der Waals surface area contributed by atoms with Crippen molar-refractivity contribution in [2.75, 3.05) is 13.4 Å². The summed E-state index contributed by atoms with van der Waals surface area (Å²) in [6.45, 7) is 0. The number of aromatic nitrogens is 1. The largest absolute Gasteiger partial charge is 0.491 e. The fraction of sp³-hybridized carbons (Fsp3) is 0.0870. The zero-order chi connectivity index (χ0) is 23.0. The lowest BCUT2D eigenvalue weighted by Gasteiger charge is -2.08. The van der Waals surface area contributed by atoms with Crippen molar-refractivity contribution >= 4 is 32.8 Å². The first-order chi connectivity index (χ1) is 15.2. The predicted octanol–water partition coefficient (Wildman–Crippen LogP) is 6.49. The Morgan fingerprint density at radius 1 is 0.969 bits per heavy atom. The Kier molecular flexibility index (Phi) is 6.03. The van der Waals surface area contributed by atoms with E-state index in [-0.39, 0.29) is 10.5 Å². The van der Waals surface area contributed by atoms with Crippen molar-refractivity contribution in [1.29, 1.82) is 0 Å². The van der Waals surface area contributed by atoms with Crippen molar-refractivity contribution in [1.82, 2.24) is 4.98 Å².